The summed E-state index contributed by atoms with van der Waals surface area (Å²) < 4.78 is 11.1. The molecular weight excluding hydrogens is 376 g/mol. The van der Waals surface area contributed by atoms with Gasteiger partial charge < -0.3 is 29.9 Å². The molecular formula is C21H22N2O6. The van der Waals surface area contributed by atoms with Crippen LogP contribution in [0.4, 0.5) is 5.69 Å². The van der Waals surface area contributed by atoms with Crippen molar-refractivity contribution in [1.82, 2.24) is 5.32 Å². The third-order valence-electron chi connectivity index (χ3n) is 5.09. The van der Waals surface area contributed by atoms with Crippen LogP contribution >= 0.6 is 0 Å². The molecule has 0 bridgehead atoms. The molecule has 2 aliphatic rings. The van der Waals surface area contributed by atoms with Gasteiger partial charge in [-0.25, -0.2) is 0 Å². The third kappa shape index (κ3) is 4.06. The molecule has 1 saturated heterocycles. The number of hydrogen-bond donors (Lipinski definition) is 3. The van der Waals surface area contributed by atoms with E-state index in [4.69, 9.17) is 9.47 Å². The van der Waals surface area contributed by atoms with Crippen molar-refractivity contribution in [2.45, 2.75) is 12.8 Å². The molecule has 2 aromatic carbocycles. The SMILES string of the molecule is O=C(NCCc1ccc(O)c(O)c1)[C@H]1CC(=O)N(c2ccc3c(c2)OCCO3)C1. The van der Waals surface area contributed by atoms with Gasteiger partial charge in [0.25, 0.3) is 0 Å². The molecule has 1 atom stereocenters. The Morgan fingerprint density at radius 1 is 1.07 bits per heavy atom. The minimum Gasteiger partial charge on any atom is -0.504 e. The Morgan fingerprint density at radius 3 is 2.66 bits per heavy atom. The van der Waals surface area contributed by atoms with Crippen molar-refractivity contribution in [1.29, 1.82) is 0 Å². The number of fused-ring (bicyclic) bond motifs is 1. The van der Waals surface area contributed by atoms with Gasteiger partial charge in [0.2, 0.25) is 11.8 Å². The fourth-order valence-electron chi connectivity index (χ4n) is 3.53. The Balaban J connectivity index is 1.33. The molecule has 1 fully saturated rings. The Labute approximate surface area is 167 Å². The van der Waals surface area contributed by atoms with Gasteiger partial charge in [-0.2, -0.15) is 0 Å². The third-order valence-corrected chi connectivity index (χ3v) is 5.09. The van der Waals surface area contributed by atoms with Gasteiger partial charge in [-0.3, -0.25) is 9.59 Å². The number of hydrogen-bond acceptors (Lipinski definition) is 6. The monoisotopic (exact) mass is 398 g/mol. The van der Waals surface area contributed by atoms with E-state index in [0.717, 1.165) is 5.56 Å². The maximum atomic E-state index is 12.5. The molecule has 8 nitrogen and oxygen atoms in total. The number of ether oxygens (including phenoxy) is 2. The number of nitrogens with one attached hydrogen (secondary N) is 1. The molecule has 2 aliphatic heterocycles. The van der Waals surface area contributed by atoms with Crippen LogP contribution in [0, 0.1) is 5.92 Å². The average molecular weight is 398 g/mol. The number of carbonyl (C=O) groups excluding carboxylic acids is 2. The molecule has 0 spiro atoms. The van der Waals surface area contributed by atoms with E-state index in [1.807, 2.05) is 0 Å². The van der Waals surface area contributed by atoms with Crippen LogP contribution in [0.1, 0.15) is 12.0 Å². The van der Waals surface area contributed by atoms with E-state index in [2.05, 4.69) is 5.32 Å². The predicted octanol–water partition coefficient (Wildman–Crippen LogP) is 1.58. The zero-order valence-electron chi connectivity index (χ0n) is 15.8. The van der Waals surface area contributed by atoms with Crippen LogP contribution < -0.4 is 19.7 Å². The van der Waals surface area contributed by atoms with E-state index in [1.165, 1.54) is 12.1 Å². The van der Waals surface area contributed by atoms with Gasteiger partial charge in [0.15, 0.2) is 23.0 Å². The average Bonchev–Trinajstić information content (AvgIpc) is 3.12. The molecule has 2 aromatic rings. The fraction of sp³-hybridized carbons (Fsp3) is 0.333. The smallest absolute Gasteiger partial charge is 0.227 e. The largest absolute Gasteiger partial charge is 0.504 e. The maximum Gasteiger partial charge on any atom is 0.227 e. The second-order valence-electron chi connectivity index (χ2n) is 7.10. The number of rotatable bonds is 5. The summed E-state index contributed by atoms with van der Waals surface area (Å²) >= 11 is 0. The zero-order chi connectivity index (χ0) is 20.4. The van der Waals surface area contributed by atoms with E-state index >= 15 is 0 Å². The standard InChI is InChI=1S/C21H22N2O6/c24-16-3-1-13(9-17(16)25)5-6-22-21(27)14-10-20(26)23(12-14)15-2-4-18-19(11-15)29-8-7-28-18/h1-4,9,11,14,24-25H,5-8,10,12H2,(H,22,27)/t14-/m0/s1. The van der Waals surface area contributed by atoms with Gasteiger partial charge >= 0.3 is 0 Å². The van der Waals surface area contributed by atoms with E-state index in [-0.39, 0.29) is 29.7 Å². The first-order chi connectivity index (χ1) is 14.0. The van der Waals surface area contributed by atoms with Crippen molar-refractivity contribution in [3.05, 3.63) is 42.0 Å². The van der Waals surface area contributed by atoms with Crippen molar-refractivity contribution >= 4 is 17.5 Å². The number of phenolic OH excluding ortho intramolecular Hbond substituents is 2. The fourth-order valence-corrected chi connectivity index (χ4v) is 3.53. The second kappa shape index (κ2) is 7.90. The van der Waals surface area contributed by atoms with Crippen LogP contribution in [0.15, 0.2) is 36.4 Å². The molecule has 4 rings (SSSR count). The number of phenols is 2. The molecule has 8 heteroatoms. The Kier molecular flexibility index (Phi) is 5.16. The molecule has 0 saturated carbocycles. The normalized spacial score (nSPS) is 18.0. The lowest BCUT2D eigenvalue weighted by Gasteiger charge is -2.22. The van der Waals surface area contributed by atoms with Crippen molar-refractivity contribution < 1.29 is 29.3 Å². The summed E-state index contributed by atoms with van der Waals surface area (Å²) in [7, 11) is 0. The van der Waals surface area contributed by atoms with Gasteiger partial charge in [0.05, 0.1) is 5.92 Å². The number of anilines is 1. The number of aromatic hydroxyl groups is 2. The maximum absolute atomic E-state index is 12.5. The Morgan fingerprint density at radius 2 is 1.86 bits per heavy atom. The highest BCUT2D eigenvalue weighted by Gasteiger charge is 2.35. The highest BCUT2D eigenvalue weighted by Crippen LogP contribution is 2.36. The van der Waals surface area contributed by atoms with Crippen LogP contribution in [0.3, 0.4) is 0 Å². The molecule has 0 radical (unpaired) electrons. The van der Waals surface area contributed by atoms with Gasteiger partial charge in [0, 0.05) is 31.3 Å². The molecule has 29 heavy (non-hydrogen) atoms. The molecule has 2 amide bonds. The van der Waals surface area contributed by atoms with Crippen LogP contribution in [-0.4, -0.2) is 48.3 Å². The molecule has 0 aliphatic carbocycles. The summed E-state index contributed by atoms with van der Waals surface area (Å²) in [6.45, 7) is 1.65. The zero-order valence-corrected chi connectivity index (χ0v) is 15.8. The first-order valence-electron chi connectivity index (χ1n) is 9.50. The van der Waals surface area contributed by atoms with Crippen molar-refractivity contribution in [3.63, 3.8) is 0 Å². The molecule has 2 heterocycles. The van der Waals surface area contributed by atoms with Crippen molar-refractivity contribution in [3.8, 4) is 23.0 Å². The molecule has 3 N–H and O–H groups in total. The topological polar surface area (TPSA) is 108 Å². The first-order valence-corrected chi connectivity index (χ1v) is 9.50. The summed E-state index contributed by atoms with van der Waals surface area (Å²) in [6.07, 6.45) is 0.659. The Bertz CT molecular complexity index is 945. The van der Waals surface area contributed by atoms with Crippen molar-refractivity contribution in [2.75, 3.05) is 31.2 Å². The van der Waals surface area contributed by atoms with Gasteiger partial charge in [0.1, 0.15) is 13.2 Å². The minimum absolute atomic E-state index is 0.106. The van der Waals surface area contributed by atoms with E-state index in [0.29, 0.717) is 49.9 Å². The summed E-state index contributed by atoms with van der Waals surface area (Å²) in [4.78, 5) is 26.5. The first kappa shape index (κ1) is 18.9. The van der Waals surface area contributed by atoms with Gasteiger partial charge in [-0.1, -0.05) is 6.07 Å². The summed E-state index contributed by atoms with van der Waals surface area (Å²) in [6, 6.07) is 9.89. The van der Waals surface area contributed by atoms with Crippen LogP contribution in [-0.2, 0) is 16.0 Å². The Hall–Kier alpha value is -3.42. The van der Waals surface area contributed by atoms with Crippen LogP contribution in [0.25, 0.3) is 0 Å². The van der Waals surface area contributed by atoms with Crippen molar-refractivity contribution in [2.24, 2.45) is 5.92 Å². The lowest BCUT2D eigenvalue weighted by Crippen LogP contribution is -2.34. The highest BCUT2D eigenvalue weighted by atomic mass is 16.6. The van der Waals surface area contributed by atoms with E-state index in [1.54, 1.807) is 29.2 Å². The van der Waals surface area contributed by atoms with E-state index in [9.17, 15) is 19.8 Å². The van der Waals surface area contributed by atoms with Gasteiger partial charge in [-0.15, -0.1) is 0 Å². The van der Waals surface area contributed by atoms with E-state index < -0.39 is 5.92 Å². The molecule has 0 aromatic heterocycles. The lowest BCUT2D eigenvalue weighted by molar-refractivity contribution is -0.126. The summed E-state index contributed by atoms with van der Waals surface area (Å²) in [5, 5.41) is 21.7. The number of benzene rings is 2. The second-order valence-corrected chi connectivity index (χ2v) is 7.10. The number of nitrogens with zero attached hydrogens (tertiary/aromatic N) is 1. The lowest BCUT2D eigenvalue weighted by atomic mass is 10.1. The number of amides is 2. The molecule has 152 valence electrons. The van der Waals surface area contributed by atoms with Crippen LogP contribution in [0.2, 0.25) is 0 Å². The predicted molar refractivity (Wildman–Crippen MR) is 104 cm³/mol. The summed E-state index contributed by atoms with van der Waals surface area (Å²) in [5.74, 6) is 0.176. The number of carbonyl (C=O) groups is 2. The quantitative estimate of drug-likeness (QED) is 0.660. The molecule has 0 unspecified atom stereocenters. The van der Waals surface area contributed by atoms with Gasteiger partial charge in [-0.05, 0) is 36.2 Å². The minimum atomic E-state index is -0.427. The summed E-state index contributed by atoms with van der Waals surface area (Å²) in [5.41, 5.74) is 1.48. The van der Waals surface area contributed by atoms with Crippen LogP contribution in [0.5, 0.6) is 23.0 Å². The highest BCUT2D eigenvalue weighted by molar-refractivity contribution is 6.00.